The Bertz CT molecular complexity index is 376. The quantitative estimate of drug-likeness (QED) is 0.558. The molecule has 2 heteroatoms. The molecule has 0 atom stereocenters. The Labute approximate surface area is 89.3 Å². The van der Waals surface area contributed by atoms with Crippen LogP contribution in [0.5, 0.6) is 0 Å². The van der Waals surface area contributed by atoms with Gasteiger partial charge in [-0.15, -0.1) is 0 Å². The van der Waals surface area contributed by atoms with Gasteiger partial charge < -0.3 is 0 Å². The minimum atomic E-state index is 0.145. The number of carbonyl (C=O) groups is 2. The van der Waals surface area contributed by atoms with E-state index in [9.17, 15) is 9.59 Å². The molecule has 0 bridgehead atoms. The Balaban J connectivity index is 2.27. The third-order valence-electron chi connectivity index (χ3n) is 3.08. The van der Waals surface area contributed by atoms with Crippen molar-refractivity contribution in [2.24, 2.45) is 5.92 Å². The average Bonchev–Trinajstić information content (AvgIpc) is 2.81. The Morgan fingerprint density at radius 1 is 1.20 bits per heavy atom. The summed E-state index contributed by atoms with van der Waals surface area (Å²) in [6.45, 7) is 0. The van der Waals surface area contributed by atoms with E-state index in [0.29, 0.717) is 11.1 Å². The van der Waals surface area contributed by atoms with Gasteiger partial charge in [0.25, 0.3) is 0 Å². The molecule has 0 aliphatic heterocycles. The lowest BCUT2D eigenvalue weighted by Crippen LogP contribution is -2.13. The molecule has 1 aliphatic carbocycles. The lowest BCUT2D eigenvalue weighted by Gasteiger charge is -2.09. The Hall–Kier alpha value is -1.44. The second-order valence-corrected chi connectivity index (χ2v) is 4.05. The average molecular weight is 202 g/mol. The third kappa shape index (κ3) is 1.99. The smallest absolute Gasteiger partial charge is 0.166 e. The second-order valence-electron chi connectivity index (χ2n) is 4.05. The second kappa shape index (κ2) is 4.39. The van der Waals surface area contributed by atoms with Gasteiger partial charge in [-0.05, 0) is 12.8 Å². The summed E-state index contributed by atoms with van der Waals surface area (Å²) in [5.74, 6) is 0.293. The predicted molar refractivity (Wildman–Crippen MR) is 58.1 cm³/mol. The van der Waals surface area contributed by atoms with Gasteiger partial charge in [-0.2, -0.15) is 0 Å². The molecule has 0 heterocycles. The van der Waals surface area contributed by atoms with E-state index in [0.717, 1.165) is 32.0 Å². The molecule has 0 spiro atoms. The van der Waals surface area contributed by atoms with Crippen LogP contribution < -0.4 is 0 Å². The maximum atomic E-state index is 12.1. The number of rotatable bonds is 3. The molecule has 0 saturated heterocycles. The summed E-state index contributed by atoms with van der Waals surface area (Å²) in [7, 11) is 0. The first-order valence-electron chi connectivity index (χ1n) is 5.41. The first-order valence-corrected chi connectivity index (χ1v) is 5.41. The fraction of sp³-hybridized carbons (Fsp3) is 0.385. The van der Waals surface area contributed by atoms with Gasteiger partial charge in [-0.25, -0.2) is 0 Å². The van der Waals surface area contributed by atoms with Crippen LogP contribution in [0, 0.1) is 5.92 Å². The van der Waals surface area contributed by atoms with E-state index in [1.807, 2.05) is 6.07 Å². The Morgan fingerprint density at radius 3 is 2.53 bits per heavy atom. The lowest BCUT2D eigenvalue weighted by atomic mass is 9.93. The number of benzene rings is 1. The third-order valence-corrected chi connectivity index (χ3v) is 3.08. The van der Waals surface area contributed by atoms with Crippen LogP contribution in [0.15, 0.2) is 24.3 Å². The Kier molecular flexibility index (Phi) is 2.95. The van der Waals surface area contributed by atoms with Gasteiger partial charge in [0.1, 0.15) is 0 Å². The van der Waals surface area contributed by atoms with Crippen LogP contribution in [0.25, 0.3) is 0 Å². The van der Waals surface area contributed by atoms with Crippen LogP contribution in [0.3, 0.4) is 0 Å². The van der Waals surface area contributed by atoms with Crippen LogP contribution in [-0.2, 0) is 0 Å². The van der Waals surface area contributed by atoms with Crippen LogP contribution in [0.1, 0.15) is 46.4 Å². The topological polar surface area (TPSA) is 34.1 Å². The van der Waals surface area contributed by atoms with Gasteiger partial charge in [-0.1, -0.05) is 37.1 Å². The molecule has 78 valence electrons. The highest BCUT2D eigenvalue weighted by Crippen LogP contribution is 2.28. The van der Waals surface area contributed by atoms with E-state index in [1.165, 1.54) is 0 Å². The number of Topliss-reactive ketones (excluding diaryl/α,β-unsaturated/α-hetero) is 1. The maximum absolute atomic E-state index is 12.1. The zero-order valence-corrected chi connectivity index (χ0v) is 8.61. The molecule has 1 fully saturated rings. The van der Waals surface area contributed by atoms with Crippen molar-refractivity contribution < 1.29 is 9.59 Å². The van der Waals surface area contributed by atoms with Gasteiger partial charge in [0, 0.05) is 17.0 Å². The van der Waals surface area contributed by atoms with E-state index in [-0.39, 0.29) is 11.7 Å². The lowest BCUT2D eigenvalue weighted by molar-refractivity contribution is 0.0918. The molecule has 15 heavy (non-hydrogen) atoms. The summed E-state index contributed by atoms with van der Waals surface area (Å²) >= 11 is 0. The highest BCUT2D eigenvalue weighted by molar-refractivity contribution is 6.04. The summed E-state index contributed by atoms with van der Waals surface area (Å²) in [5.41, 5.74) is 1.12. The predicted octanol–water partition coefficient (Wildman–Crippen LogP) is 2.87. The van der Waals surface area contributed by atoms with Gasteiger partial charge in [0.15, 0.2) is 12.1 Å². The first kappa shape index (κ1) is 10.1. The number of aldehydes is 1. The highest BCUT2D eigenvalue weighted by Gasteiger charge is 2.24. The molecule has 1 aromatic carbocycles. The van der Waals surface area contributed by atoms with Crippen molar-refractivity contribution in [2.45, 2.75) is 25.7 Å². The first-order chi connectivity index (χ1) is 7.33. The minimum absolute atomic E-state index is 0.145. The largest absolute Gasteiger partial charge is 0.298 e. The van der Waals surface area contributed by atoms with Crippen LogP contribution in [0.4, 0.5) is 0 Å². The van der Waals surface area contributed by atoms with Crippen molar-refractivity contribution in [3.05, 3.63) is 35.4 Å². The molecular formula is C13H14O2. The molecule has 1 saturated carbocycles. The Morgan fingerprint density at radius 2 is 1.87 bits per heavy atom. The number of hydrogen-bond acceptors (Lipinski definition) is 2. The van der Waals surface area contributed by atoms with E-state index < -0.39 is 0 Å². The van der Waals surface area contributed by atoms with Gasteiger partial charge >= 0.3 is 0 Å². The monoisotopic (exact) mass is 202 g/mol. The van der Waals surface area contributed by atoms with E-state index in [4.69, 9.17) is 0 Å². The van der Waals surface area contributed by atoms with Gasteiger partial charge in [-0.3, -0.25) is 9.59 Å². The molecule has 2 rings (SSSR count). The molecular weight excluding hydrogens is 188 g/mol. The standard InChI is InChI=1S/C13H14O2/c14-9-11-7-3-4-8-12(11)13(15)10-5-1-2-6-10/h3-4,7-10H,1-2,5-6H2. The summed E-state index contributed by atoms with van der Waals surface area (Å²) in [5, 5.41) is 0. The van der Waals surface area contributed by atoms with E-state index in [2.05, 4.69) is 0 Å². The zero-order valence-electron chi connectivity index (χ0n) is 8.61. The van der Waals surface area contributed by atoms with Crippen molar-refractivity contribution in [1.29, 1.82) is 0 Å². The minimum Gasteiger partial charge on any atom is -0.298 e. The van der Waals surface area contributed by atoms with Crippen molar-refractivity contribution in [1.82, 2.24) is 0 Å². The molecule has 0 radical (unpaired) electrons. The molecule has 0 amide bonds. The molecule has 0 aromatic heterocycles. The highest BCUT2D eigenvalue weighted by atomic mass is 16.1. The van der Waals surface area contributed by atoms with Crippen molar-refractivity contribution in [3.63, 3.8) is 0 Å². The molecule has 0 unspecified atom stereocenters. The van der Waals surface area contributed by atoms with E-state index >= 15 is 0 Å². The normalized spacial score (nSPS) is 16.5. The van der Waals surface area contributed by atoms with Crippen LogP contribution in [0.2, 0.25) is 0 Å². The maximum Gasteiger partial charge on any atom is 0.166 e. The van der Waals surface area contributed by atoms with Crippen LogP contribution >= 0.6 is 0 Å². The van der Waals surface area contributed by atoms with Crippen molar-refractivity contribution in [3.8, 4) is 0 Å². The molecule has 1 aliphatic rings. The van der Waals surface area contributed by atoms with Crippen molar-refractivity contribution >= 4 is 12.1 Å². The van der Waals surface area contributed by atoms with Crippen molar-refractivity contribution in [2.75, 3.05) is 0 Å². The fourth-order valence-electron chi connectivity index (χ4n) is 2.23. The number of ketones is 1. The number of hydrogen-bond donors (Lipinski definition) is 0. The van der Waals surface area contributed by atoms with Crippen LogP contribution in [-0.4, -0.2) is 12.1 Å². The van der Waals surface area contributed by atoms with E-state index in [1.54, 1.807) is 18.2 Å². The summed E-state index contributed by atoms with van der Waals surface area (Å²) in [6.07, 6.45) is 5.00. The summed E-state index contributed by atoms with van der Waals surface area (Å²) in [6, 6.07) is 7.06. The zero-order chi connectivity index (χ0) is 10.7. The summed E-state index contributed by atoms with van der Waals surface area (Å²) in [4.78, 5) is 22.9. The molecule has 1 aromatic rings. The SMILES string of the molecule is O=Cc1ccccc1C(=O)C1CCCC1. The molecule has 0 N–H and O–H groups in total. The van der Waals surface area contributed by atoms with Gasteiger partial charge in [0.2, 0.25) is 0 Å². The molecule has 2 nitrogen and oxygen atoms in total. The summed E-state index contributed by atoms with van der Waals surface area (Å²) < 4.78 is 0. The number of carbonyl (C=O) groups excluding carboxylic acids is 2. The van der Waals surface area contributed by atoms with Gasteiger partial charge in [0.05, 0.1) is 0 Å². The fourth-order valence-corrected chi connectivity index (χ4v) is 2.23.